The number of hydrogen-bond acceptors (Lipinski definition) is 7. The lowest BCUT2D eigenvalue weighted by Crippen LogP contribution is -2.20. The molecule has 0 fully saturated rings. The van der Waals surface area contributed by atoms with Crippen LogP contribution in [-0.2, 0) is 4.79 Å². The Balaban J connectivity index is 1.35. The summed E-state index contributed by atoms with van der Waals surface area (Å²) >= 11 is 1.37. The Labute approximate surface area is 158 Å². The number of carbonyl (C=O) groups is 1. The Morgan fingerprint density at radius 2 is 2.04 bits per heavy atom. The van der Waals surface area contributed by atoms with Crippen LogP contribution in [0.2, 0.25) is 0 Å². The Kier molecular flexibility index (Phi) is 4.84. The zero-order valence-electron chi connectivity index (χ0n) is 14.0. The molecule has 134 valence electrons. The van der Waals surface area contributed by atoms with Gasteiger partial charge in [0, 0.05) is 17.0 Å². The molecule has 0 saturated heterocycles. The van der Waals surface area contributed by atoms with Crippen molar-refractivity contribution >= 4 is 22.4 Å². The maximum atomic E-state index is 12.1. The molecule has 0 atom stereocenters. The van der Waals surface area contributed by atoms with Crippen LogP contribution in [0, 0.1) is 0 Å². The number of nitrogens with zero attached hydrogens (tertiary/aromatic N) is 5. The minimum Gasteiger partial charge on any atom is -0.484 e. The normalized spacial score (nSPS) is 10.5. The van der Waals surface area contributed by atoms with Gasteiger partial charge in [0.25, 0.3) is 5.91 Å². The monoisotopic (exact) mass is 378 g/mol. The van der Waals surface area contributed by atoms with Gasteiger partial charge in [-0.3, -0.25) is 10.1 Å². The van der Waals surface area contributed by atoms with Crippen molar-refractivity contribution in [1.82, 2.24) is 25.2 Å². The molecule has 0 unspecified atom stereocenters. The summed E-state index contributed by atoms with van der Waals surface area (Å²) in [6.45, 7) is -0.126. The van der Waals surface area contributed by atoms with E-state index in [-0.39, 0.29) is 12.5 Å². The quantitative estimate of drug-likeness (QED) is 0.554. The fraction of sp³-hybridized carbons (Fsp3) is 0.0556. The molecule has 0 radical (unpaired) electrons. The largest absolute Gasteiger partial charge is 0.484 e. The van der Waals surface area contributed by atoms with Gasteiger partial charge >= 0.3 is 0 Å². The van der Waals surface area contributed by atoms with Crippen molar-refractivity contribution in [2.75, 3.05) is 11.9 Å². The Morgan fingerprint density at radius 1 is 1.15 bits per heavy atom. The lowest BCUT2D eigenvalue weighted by molar-refractivity contribution is -0.118. The van der Waals surface area contributed by atoms with Gasteiger partial charge < -0.3 is 4.74 Å². The SMILES string of the molecule is O=C(COc1cccc(-n2cnnn2)c1)Nc1nc(-c2ccccc2)cs1. The second-order valence-electron chi connectivity index (χ2n) is 5.49. The molecule has 0 saturated carbocycles. The summed E-state index contributed by atoms with van der Waals surface area (Å²) in [6, 6.07) is 16.9. The van der Waals surface area contributed by atoms with E-state index in [0.717, 1.165) is 16.9 Å². The molecule has 0 aliphatic heterocycles. The predicted molar refractivity (Wildman–Crippen MR) is 101 cm³/mol. The standard InChI is InChI=1S/C18H14N6O2S/c25-17(21-18-20-16(11-27-18)13-5-2-1-3-6-13)10-26-15-8-4-7-14(9-15)24-12-19-22-23-24/h1-9,11-12H,10H2,(H,20,21,25). The van der Waals surface area contributed by atoms with Crippen molar-refractivity contribution in [1.29, 1.82) is 0 Å². The zero-order chi connectivity index (χ0) is 18.5. The first-order chi connectivity index (χ1) is 13.3. The number of carbonyl (C=O) groups excluding carboxylic acids is 1. The van der Waals surface area contributed by atoms with Crippen molar-refractivity contribution in [3.8, 4) is 22.7 Å². The number of nitrogens with one attached hydrogen (secondary N) is 1. The van der Waals surface area contributed by atoms with E-state index in [1.165, 1.54) is 22.3 Å². The number of rotatable bonds is 6. The highest BCUT2D eigenvalue weighted by atomic mass is 32.1. The van der Waals surface area contributed by atoms with E-state index >= 15 is 0 Å². The van der Waals surface area contributed by atoms with Crippen molar-refractivity contribution in [2.45, 2.75) is 0 Å². The average molecular weight is 378 g/mol. The number of aromatic nitrogens is 5. The molecule has 2 heterocycles. The van der Waals surface area contributed by atoms with E-state index in [9.17, 15) is 4.79 Å². The molecule has 1 amide bonds. The van der Waals surface area contributed by atoms with Gasteiger partial charge in [0.05, 0.1) is 11.4 Å². The first-order valence-corrected chi connectivity index (χ1v) is 8.93. The number of ether oxygens (including phenoxy) is 1. The number of tetrazole rings is 1. The maximum Gasteiger partial charge on any atom is 0.264 e. The molecule has 9 heteroatoms. The van der Waals surface area contributed by atoms with E-state index in [1.807, 2.05) is 41.8 Å². The molecule has 0 aliphatic rings. The third kappa shape index (κ3) is 4.15. The van der Waals surface area contributed by atoms with Gasteiger partial charge in [0.2, 0.25) is 0 Å². The van der Waals surface area contributed by atoms with Crippen LogP contribution in [0.25, 0.3) is 16.9 Å². The van der Waals surface area contributed by atoms with Crippen LogP contribution in [0.5, 0.6) is 5.75 Å². The second kappa shape index (κ2) is 7.75. The maximum absolute atomic E-state index is 12.1. The summed E-state index contributed by atoms with van der Waals surface area (Å²) in [5.41, 5.74) is 2.57. The Bertz CT molecular complexity index is 1030. The van der Waals surface area contributed by atoms with E-state index in [4.69, 9.17) is 4.74 Å². The molecular formula is C18H14N6O2S. The van der Waals surface area contributed by atoms with Gasteiger partial charge in [-0.2, -0.15) is 0 Å². The van der Waals surface area contributed by atoms with Crippen LogP contribution in [0.3, 0.4) is 0 Å². The van der Waals surface area contributed by atoms with E-state index in [0.29, 0.717) is 10.9 Å². The first kappa shape index (κ1) is 16.9. The molecule has 1 N–H and O–H groups in total. The van der Waals surface area contributed by atoms with Crippen molar-refractivity contribution in [3.63, 3.8) is 0 Å². The molecule has 2 aromatic heterocycles. The average Bonchev–Trinajstić information content (AvgIpc) is 3.40. The molecule has 4 rings (SSSR count). The van der Waals surface area contributed by atoms with Gasteiger partial charge in [-0.15, -0.1) is 16.4 Å². The van der Waals surface area contributed by atoms with E-state index in [2.05, 4.69) is 25.8 Å². The summed E-state index contributed by atoms with van der Waals surface area (Å²) in [5, 5.41) is 16.2. The summed E-state index contributed by atoms with van der Waals surface area (Å²) in [7, 11) is 0. The number of thiazole rings is 1. The number of amides is 1. The molecule has 27 heavy (non-hydrogen) atoms. The highest BCUT2D eigenvalue weighted by molar-refractivity contribution is 7.14. The van der Waals surface area contributed by atoms with Gasteiger partial charge in [-0.25, -0.2) is 9.67 Å². The minimum absolute atomic E-state index is 0.126. The van der Waals surface area contributed by atoms with Crippen molar-refractivity contribution in [2.24, 2.45) is 0 Å². The molecule has 0 spiro atoms. The molecular weight excluding hydrogens is 364 g/mol. The number of benzene rings is 2. The van der Waals surface area contributed by atoms with E-state index in [1.54, 1.807) is 18.2 Å². The summed E-state index contributed by atoms with van der Waals surface area (Å²) in [4.78, 5) is 16.6. The van der Waals surface area contributed by atoms with E-state index < -0.39 is 0 Å². The Hall–Kier alpha value is -3.59. The van der Waals surface area contributed by atoms with Crippen LogP contribution in [0.15, 0.2) is 66.3 Å². The smallest absolute Gasteiger partial charge is 0.264 e. The molecule has 4 aromatic rings. The van der Waals surface area contributed by atoms with Gasteiger partial charge in [0.15, 0.2) is 11.7 Å². The Morgan fingerprint density at radius 3 is 2.85 bits per heavy atom. The molecule has 2 aromatic carbocycles. The summed E-state index contributed by atoms with van der Waals surface area (Å²) < 4.78 is 7.06. The van der Waals surface area contributed by atoms with Crippen LogP contribution in [0.1, 0.15) is 0 Å². The third-order valence-corrected chi connectivity index (χ3v) is 4.38. The summed E-state index contributed by atoms with van der Waals surface area (Å²) in [5.74, 6) is 0.263. The molecule has 0 aliphatic carbocycles. The summed E-state index contributed by atoms with van der Waals surface area (Å²) in [6.07, 6.45) is 1.48. The topological polar surface area (TPSA) is 94.8 Å². The number of anilines is 1. The minimum atomic E-state index is -0.281. The number of hydrogen-bond donors (Lipinski definition) is 1. The molecule has 8 nitrogen and oxygen atoms in total. The fourth-order valence-corrected chi connectivity index (χ4v) is 3.11. The lowest BCUT2D eigenvalue weighted by Gasteiger charge is -2.07. The van der Waals surface area contributed by atoms with Crippen molar-refractivity contribution in [3.05, 3.63) is 66.3 Å². The molecule has 0 bridgehead atoms. The van der Waals surface area contributed by atoms with Gasteiger partial charge in [-0.05, 0) is 22.6 Å². The van der Waals surface area contributed by atoms with Gasteiger partial charge in [0.1, 0.15) is 12.1 Å². The van der Waals surface area contributed by atoms with Crippen LogP contribution in [0.4, 0.5) is 5.13 Å². The lowest BCUT2D eigenvalue weighted by atomic mass is 10.2. The highest BCUT2D eigenvalue weighted by Crippen LogP contribution is 2.24. The highest BCUT2D eigenvalue weighted by Gasteiger charge is 2.09. The first-order valence-electron chi connectivity index (χ1n) is 8.05. The zero-order valence-corrected chi connectivity index (χ0v) is 14.8. The van der Waals surface area contributed by atoms with Crippen LogP contribution < -0.4 is 10.1 Å². The predicted octanol–water partition coefficient (Wildman–Crippen LogP) is 2.80. The fourth-order valence-electron chi connectivity index (χ4n) is 2.37. The van der Waals surface area contributed by atoms with Gasteiger partial charge in [-0.1, -0.05) is 36.4 Å². The van der Waals surface area contributed by atoms with Crippen molar-refractivity contribution < 1.29 is 9.53 Å². The van der Waals surface area contributed by atoms with Crippen LogP contribution in [-0.4, -0.2) is 37.7 Å². The second-order valence-corrected chi connectivity index (χ2v) is 6.35. The van der Waals surface area contributed by atoms with Crippen LogP contribution >= 0.6 is 11.3 Å². The third-order valence-electron chi connectivity index (χ3n) is 3.62.